The van der Waals surface area contributed by atoms with E-state index in [1.165, 1.54) is 11.1 Å². The summed E-state index contributed by atoms with van der Waals surface area (Å²) in [7, 11) is 0. The zero-order valence-corrected chi connectivity index (χ0v) is 18.4. The predicted octanol–water partition coefficient (Wildman–Crippen LogP) is 5.86. The van der Waals surface area contributed by atoms with E-state index in [9.17, 15) is 4.79 Å². The summed E-state index contributed by atoms with van der Waals surface area (Å²) in [5.74, 6) is 0.518. The number of ether oxygens (including phenoxy) is 1. The molecular formula is C24H26Cl2N2O2. The average Bonchev–Trinajstić information content (AvgIpc) is 2.76. The Morgan fingerprint density at radius 1 is 1.07 bits per heavy atom. The van der Waals surface area contributed by atoms with Gasteiger partial charge in [0.05, 0.1) is 6.04 Å². The molecule has 1 unspecified atom stereocenters. The number of piperidine rings is 3. The first-order chi connectivity index (χ1) is 14.6. The van der Waals surface area contributed by atoms with Gasteiger partial charge in [0.25, 0.3) is 0 Å². The molecule has 4 nitrogen and oxygen atoms in total. The van der Waals surface area contributed by atoms with Crippen molar-refractivity contribution in [3.8, 4) is 11.1 Å². The van der Waals surface area contributed by atoms with Gasteiger partial charge in [-0.2, -0.15) is 0 Å². The molecule has 0 spiro atoms. The normalized spacial score (nSPS) is 27.4. The number of rotatable bonds is 3. The first kappa shape index (κ1) is 20.2. The van der Waals surface area contributed by atoms with Gasteiger partial charge in [0, 0.05) is 22.2 Å². The molecule has 2 bridgehead atoms. The van der Waals surface area contributed by atoms with Crippen molar-refractivity contribution in [2.75, 3.05) is 19.6 Å². The SMILES string of the molecule is O=C(NC1CCCc2cc(-c3cc(Cl)ccc3Cl)ccc21)O[C@H]1CN2CCC1CC2. The number of carbonyl (C=O) groups is 1. The van der Waals surface area contributed by atoms with Crippen LogP contribution in [0.3, 0.4) is 0 Å². The molecule has 1 N–H and O–H groups in total. The molecular weight excluding hydrogens is 419 g/mol. The quantitative estimate of drug-likeness (QED) is 0.644. The highest BCUT2D eigenvalue weighted by atomic mass is 35.5. The standard InChI is InChI=1S/C24H26Cl2N2O2/c25-18-5-7-21(26)20(13-18)17-4-6-19-16(12-17)2-1-3-22(19)27-24(29)30-23-14-28-10-8-15(23)9-11-28/h4-7,12-13,15,22-23H,1-3,8-11,14H2,(H,27,29)/t22?,23-/m0/s1. The molecule has 2 atom stereocenters. The number of alkyl carbamates (subject to hydrolysis) is 1. The molecule has 4 aliphatic rings. The molecule has 0 aromatic heterocycles. The highest BCUT2D eigenvalue weighted by Gasteiger charge is 2.37. The van der Waals surface area contributed by atoms with E-state index in [4.69, 9.17) is 27.9 Å². The van der Waals surface area contributed by atoms with Crippen LogP contribution >= 0.6 is 23.2 Å². The number of carbonyl (C=O) groups excluding carboxylic acids is 1. The molecule has 6 rings (SSSR count). The molecule has 3 saturated heterocycles. The maximum Gasteiger partial charge on any atom is 0.407 e. The van der Waals surface area contributed by atoms with Gasteiger partial charge in [0.1, 0.15) is 6.10 Å². The van der Waals surface area contributed by atoms with Crippen molar-refractivity contribution in [3.05, 3.63) is 57.6 Å². The lowest BCUT2D eigenvalue weighted by molar-refractivity contribution is -0.0340. The van der Waals surface area contributed by atoms with Gasteiger partial charge >= 0.3 is 6.09 Å². The van der Waals surface area contributed by atoms with Crippen LogP contribution in [-0.2, 0) is 11.2 Å². The zero-order chi connectivity index (χ0) is 20.7. The van der Waals surface area contributed by atoms with Crippen LogP contribution in [0.2, 0.25) is 10.0 Å². The monoisotopic (exact) mass is 444 g/mol. The van der Waals surface area contributed by atoms with Crippen LogP contribution in [0.1, 0.15) is 42.9 Å². The second-order valence-corrected chi connectivity index (χ2v) is 9.55. The molecule has 0 saturated carbocycles. The Balaban J connectivity index is 1.30. The molecule has 3 fully saturated rings. The van der Waals surface area contributed by atoms with E-state index in [-0.39, 0.29) is 18.2 Å². The number of hydrogen-bond donors (Lipinski definition) is 1. The third-order valence-corrected chi connectivity index (χ3v) is 7.41. The zero-order valence-electron chi connectivity index (χ0n) is 16.9. The fourth-order valence-corrected chi connectivity index (χ4v) is 5.61. The van der Waals surface area contributed by atoms with Crippen LogP contribution in [0.4, 0.5) is 4.79 Å². The van der Waals surface area contributed by atoms with E-state index in [2.05, 4.69) is 28.4 Å². The summed E-state index contributed by atoms with van der Waals surface area (Å²) < 4.78 is 5.84. The van der Waals surface area contributed by atoms with Crippen molar-refractivity contribution >= 4 is 29.3 Å². The van der Waals surface area contributed by atoms with E-state index in [0.717, 1.165) is 62.9 Å². The number of fused-ring (bicyclic) bond motifs is 4. The molecule has 2 aromatic rings. The van der Waals surface area contributed by atoms with Crippen molar-refractivity contribution in [2.45, 2.75) is 44.2 Å². The van der Waals surface area contributed by atoms with E-state index in [1.54, 1.807) is 6.07 Å². The van der Waals surface area contributed by atoms with Crippen LogP contribution in [0.5, 0.6) is 0 Å². The Hall–Kier alpha value is -1.75. The van der Waals surface area contributed by atoms with Crippen molar-refractivity contribution in [1.29, 1.82) is 0 Å². The topological polar surface area (TPSA) is 41.6 Å². The summed E-state index contributed by atoms with van der Waals surface area (Å²) >= 11 is 12.6. The first-order valence-corrected chi connectivity index (χ1v) is 11.6. The molecule has 0 radical (unpaired) electrons. The van der Waals surface area contributed by atoms with Crippen LogP contribution in [-0.4, -0.2) is 36.7 Å². The highest BCUT2D eigenvalue weighted by Crippen LogP contribution is 2.36. The van der Waals surface area contributed by atoms with Gasteiger partial charge in [-0.25, -0.2) is 4.79 Å². The van der Waals surface area contributed by atoms with Gasteiger partial charge in [-0.3, -0.25) is 4.90 Å². The number of hydrogen-bond acceptors (Lipinski definition) is 3. The van der Waals surface area contributed by atoms with Crippen LogP contribution < -0.4 is 5.32 Å². The lowest BCUT2D eigenvalue weighted by Gasteiger charge is -2.44. The van der Waals surface area contributed by atoms with Crippen LogP contribution in [0.25, 0.3) is 11.1 Å². The molecule has 2 aromatic carbocycles. The van der Waals surface area contributed by atoms with Crippen LogP contribution in [0.15, 0.2) is 36.4 Å². The number of amides is 1. The lowest BCUT2D eigenvalue weighted by atomic mass is 9.85. The summed E-state index contributed by atoms with van der Waals surface area (Å²) in [6.07, 6.45) is 4.98. The van der Waals surface area contributed by atoms with Crippen molar-refractivity contribution in [3.63, 3.8) is 0 Å². The van der Waals surface area contributed by atoms with Crippen LogP contribution in [0, 0.1) is 5.92 Å². The Morgan fingerprint density at radius 3 is 2.67 bits per heavy atom. The van der Waals surface area contributed by atoms with E-state index in [0.29, 0.717) is 16.0 Å². The Morgan fingerprint density at radius 2 is 1.90 bits per heavy atom. The second-order valence-electron chi connectivity index (χ2n) is 8.71. The average molecular weight is 445 g/mol. The van der Waals surface area contributed by atoms with E-state index in [1.807, 2.05) is 12.1 Å². The van der Waals surface area contributed by atoms with Gasteiger partial charge in [0.2, 0.25) is 0 Å². The number of nitrogens with one attached hydrogen (secondary N) is 1. The minimum Gasteiger partial charge on any atom is -0.445 e. The molecule has 1 aliphatic carbocycles. The predicted molar refractivity (Wildman–Crippen MR) is 120 cm³/mol. The maximum atomic E-state index is 12.7. The third kappa shape index (κ3) is 4.05. The van der Waals surface area contributed by atoms with Gasteiger partial charge in [-0.05, 0) is 86.0 Å². The Kier molecular flexibility index (Phi) is 5.65. The second kappa shape index (κ2) is 8.41. The van der Waals surface area contributed by atoms with Gasteiger partial charge in [0.15, 0.2) is 0 Å². The maximum absolute atomic E-state index is 12.7. The summed E-state index contributed by atoms with van der Waals surface area (Å²) in [6.45, 7) is 3.16. The molecule has 3 heterocycles. The third-order valence-electron chi connectivity index (χ3n) is 6.84. The van der Waals surface area contributed by atoms with Crippen molar-refractivity contribution in [2.24, 2.45) is 5.92 Å². The highest BCUT2D eigenvalue weighted by molar-refractivity contribution is 6.35. The van der Waals surface area contributed by atoms with Gasteiger partial charge < -0.3 is 10.1 Å². The smallest absolute Gasteiger partial charge is 0.407 e. The molecule has 6 heteroatoms. The van der Waals surface area contributed by atoms with Crippen molar-refractivity contribution < 1.29 is 9.53 Å². The Labute approximate surface area is 187 Å². The minimum atomic E-state index is -0.284. The number of aryl methyl sites for hydroxylation is 1. The van der Waals surface area contributed by atoms with E-state index >= 15 is 0 Å². The fraction of sp³-hybridized carbons (Fsp3) is 0.458. The van der Waals surface area contributed by atoms with Crippen molar-refractivity contribution in [1.82, 2.24) is 10.2 Å². The fourth-order valence-electron chi connectivity index (χ4n) is 5.21. The number of halogens is 2. The molecule has 3 aliphatic heterocycles. The van der Waals surface area contributed by atoms with Gasteiger partial charge in [-0.1, -0.05) is 41.4 Å². The molecule has 1 amide bonds. The molecule has 158 valence electrons. The Bertz CT molecular complexity index is 956. The number of benzene rings is 2. The number of nitrogens with zero attached hydrogens (tertiary/aromatic N) is 1. The summed E-state index contributed by atoms with van der Waals surface area (Å²) in [5, 5.41) is 4.49. The van der Waals surface area contributed by atoms with Gasteiger partial charge in [-0.15, -0.1) is 0 Å². The summed E-state index contributed by atoms with van der Waals surface area (Å²) in [4.78, 5) is 15.1. The lowest BCUT2D eigenvalue weighted by Crippen LogP contribution is -2.52. The molecule has 30 heavy (non-hydrogen) atoms. The summed E-state index contributed by atoms with van der Waals surface area (Å²) in [6, 6.07) is 11.9. The van der Waals surface area contributed by atoms with E-state index < -0.39 is 0 Å². The first-order valence-electron chi connectivity index (χ1n) is 10.8. The largest absolute Gasteiger partial charge is 0.445 e. The minimum absolute atomic E-state index is 0.00813. The summed E-state index contributed by atoms with van der Waals surface area (Å²) in [5.41, 5.74) is 4.41.